The molecule has 1 aromatic rings. The molecule has 2 bridgehead atoms. The predicted molar refractivity (Wildman–Crippen MR) is 72.9 cm³/mol. The van der Waals surface area contributed by atoms with Crippen LogP contribution in [0.1, 0.15) is 57.2 Å². The van der Waals surface area contributed by atoms with E-state index < -0.39 is 0 Å². The van der Waals surface area contributed by atoms with Gasteiger partial charge in [-0.1, -0.05) is 5.16 Å². The summed E-state index contributed by atoms with van der Waals surface area (Å²) in [5.41, 5.74) is -0.254. The highest BCUT2D eigenvalue weighted by molar-refractivity contribution is 5.07. The van der Waals surface area contributed by atoms with Crippen LogP contribution in [0, 0.1) is 0 Å². The molecule has 2 aliphatic heterocycles. The number of hydrogen-bond acceptors (Lipinski definition) is 5. The molecule has 0 radical (unpaired) electrons. The molecule has 0 saturated carbocycles. The lowest BCUT2D eigenvalue weighted by molar-refractivity contribution is 0.157. The normalized spacial score (nSPS) is 31.9. The summed E-state index contributed by atoms with van der Waals surface area (Å²) in [4.78, 5) is 7.18. The van der Waals surface area contributed by atoms with Crippen LogP contribution in [0.15, 0.2) is 4.52 Å². The smallest absolute Gasteiger partial charge is 0.246 e. The Bertz CT molecular complexity index is 442. The Kier molecular flexibility index (Phi) is 3.14. The molecule has 5 heteroatoms. The molecule has 3 heterocycles. The van der Waals surface area contributed by atoms with Gasteiger partial charge in [-0.15, -0.1) is 0 Å². The molecule has 3 rings (SSSR count). The number of fused-ring (bicyclic) bond motifs is 2. The minimum atomic E-state index is -0.254. The fourth-order valence-electron chi connectivity index (χ4n) is 3.38. The van der Waals surface area contributed by atoms with Crippen molar-refractivity contribution in [1.29, 1.82) is 0 Å². The third-order valence-electron chi connectivity index (χ3n) is 5.06. The molecule has 5 nitrogen and oxygen atoms in total. The van der Waals surface area contributed by atoms with Gasteiger partial charge in [-0.05, 0) is 53.6 Å². The Morgan fingerprint density at radius 2 is 1.89 bits per heavy atom. The van der Waals surface area contributed by atoms with Crippen molar-refractivity contribution in [1.82, 2.24) is 20.4 Å². The molecule has 1 N–H and O–H groups in total. The van der Waals surface area contributed by atoms with Crippen LogP contribution in [0.5, 0.6) is 0 Å². The molecule has 2 atom stereocenters. The zero-order valence-corrected chi connectivity index (χ0v) is 12.3. The Morgan fingerprint density at radius 1 is 1.26 bits per heavy atom. The van der Waals surface area contributed by atoms with Gasteiger partial charge in [0.15, 0.2) is 5.82 Å². The molecule has 1 aromatic heterocycles. The first-order valence-corrected chi connectivity index (χ1v) is 7.26. The van der Waals surface area contributed by atoms with Crippen LogP contribution in [0.25, 0.3) is 0 Å². The van der Waals surface area contributed by atoms with Gasteiger partial charge in [0.05, 0.1) is 5.54 Å². The van der Waals surface area contributed by atoms with E-state index in [2.05, 4.69) is 41.3 Å². The highest BCUT2D eigenvalue weighted by Gasteiger charge is 2.40. The molecular formula is C14H24N4O. The monoisotopic (exact) mass is 264 g/mol. The zero-order chi connectivity index (χ0) is 13.6. The lowest BCUT2D eigenvalue weighted by atomic mass is 9.90. The van der Waals surface area contributed by atoms with Crippen molar-refractivity contribution in [3.63, 3.8) is 0 Å². The van der Waals surface area contributed by atoms with E-state index in [4.69, 9.17) is 4.52 Å². The lowest BCUT2D eigenvalue weighted by Gasteiger charge is -2.34. The van der Waals surface area contributed by atoms with Crippen molar-refractivity contribution in [3.8, 4) is 0 Å². The first-order valence-electron chi connectivity index (χ1n) is 7.26. The average molecular weight is 264 g/mol. The van der Waals surface area contributed by atoms with E-state index in [1.54, 1.807) is 0 Å². The van der Waals surface area contributed by atoms with Crippen molar-refractivity contribution in [2.75, 3.05) is 14.1 Å². The summed E-state index contributed by atoms with van der Waals surface area (Å²) >= 11 is 0. The molecule has 2 aliphatic rings. The fraction of sp³-hybridized carbons (Fsp3) is 0.857. The first-order chi connectivity index (χ1) is 9.01. The largest absolute Gasteiger partial charge is 0.337 e. The number of piperidine rings is 1. The summed E-state index contributed by atoms with van der Waals surface area (Å²) in [6.07, 6.45) is 4.99. The molecule has 2 saturated heterocycles. The van der Waals surface area contributed by atoms with Crippen molar-refractivity contribution in [2.45, 2.75) is 63.1 Å². The highest BCUT2D eigenvalue weighted by atomic mass is 16.5. The minimum absolute atomic E-state index is 0.254. The Labute approximate surface area is 114 Å². The van der Waals surface area contributed by atoms with Gasteiger partial charge in [-0.3, -0.25) is 0 Å². The quantitative estimate of drug-likeness (QED) is 0.903. The Hall–Kier alpha value is -0.940. The third kappa shape index (κ3) is 2.19. The summed E-state index contributed by atoms with van der Waals surface area (Å²) in [7, 11) is 4.17. The van der Waals surface area contributed by atoms with Crippen LogP contribution < -0.4 is 5.32 Å². The number of rotatable bonds is 3. The van der Waals surface area contributed by atoms with Crippen molar-refractivity contribution >= 4 is 0 Å². The molecule has 0 aromatic carbocycles. The maximum absolute atomic E-state index is 5.45. The Balaban J connectivity index is 1.77. The van der Waals surface area contributed by atoms with Crippen LogP contribution in [0.4, 0.5) is 0 Å². The second-order valence-corrected chi connectivity index (χ2v) is 6.55. The average Bonchev–Trinajstić information content (AvgIpc) is 2.94. The Morgan fingerprint density at radius 3 is 2.47 bits per heavy atom. The molecule has 0 spiro atoms. The van der Waals surface area contributed by atoms with E-state index in [1.807, 2.05) is 7.05 Å². The van der Waals surface area contributed by atoms with Crippen molar-refractivity contribution in [2.24, 2.45) is 0 Å². The van der Waals surface area contributed by atoms with Gasteiger partial charge in [0.1, 0.15) is 0 Å². The topological polar surface area (TPSA) is 54.2 Å². The van der Waals surface area contributed by atoms with E-state index in [-0.39, 0.29) is 5.54 Å². The first kappa shape index (κ1) is 13.1. The van der Waals surface area contributed by atoms with Crippen molar-refractivity contribution < 1.29 is 4.52 Å². The third-order valence-corrected chi connectivity index (χ3v) is 5.06. The van der Waals surface area contributed by atoms with E-state index >= 15 is 0 Å². The molecule has 0 amide bonds. The molecule has 0 aliphatic carbocycles. The van der Waals surface area contributed by atoms with Gasteiger partial charge < -0.3 is 14.7 Å². The van der Waals surface area contributed by atoms with Crippen LogP contribution in [-0.2, 0) is 5.54 Å². The van der Waals surface area contributed by atoms with E-state index in [9.17, 15) is 0 Å². The SMILES string of the molecule is CNC(C)(C)c1nc(C2CC3CCC(C2)N3C)no1. The highest BCUT2D eigenvalue weighted by Crippen LogP contribution is 2.41. The van der Waals surface area contributed by atoms with Gasteiger partial charge in [-0.2, -0.15) is 4.98 Å². The summed E-state index contributed by atoms with van der Waals surface area (Å²) < 4.78 is 5.45. The van der Waals surface area contributed by atoms with Crippen LogP contribution in [0.3, 0.4) is 0 Å². The maximum atomic E-state index is 5.45. The standard InChI is InChI=1S/C14H24N4O/c1-14(2,15-3)13-16-12(17-19-13)9-7-10-5-6-11(8-9)18(10)4/h9-11,15H,5-8H2,1-4H3. The summed E-state index contributed by atoms with van der Waals surface area (Å²) in [6, 6.07) is 1.42. The van der Waals surface area contributed by atoms with E-state index in [0.717, 1.165) is 5.82 Å². The van der Waals surface area contributed by atoms with Crippen LogP contribution in [0.2, 0.25) is 0 Å². The minimum Gasteiger partial charge on any atom is -0.337 e. The van der Waals surface area contributed by atoms with Crippen molar-refractivity contribution in [3.05, 3.63) is 11.7 Å². The van der Waals surface area contributed by atoms with Crippen LogP contribution >= 0.6 is 0 Å². The number of hydrogen-bond donors (Lipinski definition) is 1. The summed E-state index contributed by atoms with van der Waals surface area (Å²) in [6.45, 7) is 4.12. The fourth-order valence-corrected chi connectivity index (χ4v) is 3.38. The molecule has 106 valence electrons. The van der Waals surface area contributed by atoms with Gasteiger partial charge in [0.2, 0.25) is 5.89 Å². The molecular weight excluding hydrogens is 240 g/mol. The van der Waals surface area contributed by atoms with E-state index in [0.29, 0.717) is 23.9 Å². The second kappa shape index (κ2) is 4.56. The van der Waals surface area contributed by atoms with E-state index in [1.165, 1.54) is 25.7 Å². The number of nitrogens with zero attached hydrogens (tertiary/aromatic N) is 3. The zero-order valence-electron chi connectivity index (χ0n) is 12.3. The number of aromatic nitrogens is 2. The molecule has 2 unspecified atom stereocenters. The summed E-state index contributed by atoms with van der Waals surface area (Å²) in [5, 5.41) is 7.44. The van der Waals surface area contributed by atoms with Gasteiger partial charge in [0.25, 0.3) is 0 Å². The van der Waals surface area contributed by atoms with Gasteiger partial charge >= 0.3 is 0 Å². The summed E-state index contributed by atoms with van der Waals surface area (Å²) in [5.74, 6) is 2.07. The second-order valence-electron chi connectivity index (χ2n) is 6.55. The molecule has 19 heavy (non-hydrogen) atoms. The molecule has 2 fully saturated rings. The van der Waals surface area contributed by atoms with Crippen LogP contribution in [-0.4, -0.2) is 41.2 Å². The number of nitrogens with one attached hydrogen (secondary N) is 1. The van der Waals surface area contributed by atoms with Gasteiger partial charge in [0, 0.05) is 18.0 Å². The maximum Gasteiger partial charge on any atom is 0.246 e. The van der Waals surface area contributed by atoms with Gasteiger partial charge in [-0.25, -0.2) is 0 Å². The lowest BCUT2D eigenvalue weighted by Crippen LogP contribution is -2.39. The predicted octanol–water partition coefficient (Wildman–Crippen LogP) is 1.86.